The molecule has 0 radical (unpaired) electrons. The molecular formula is C11H14FNO3. The standard InChI is InChI=1S/C11H14FNO3/c1-13(2)9-4-3-7(12)5-8(9)10(14)6-11(15)16/h3-5,10,14H,6H2,1-2H3,(H,15,16)/t10-/m0/s1. The summed E-state index contributed by atoms with van der Waals surface area (Å²) in [5.41, 5.74) is 0.891. The average Bonchev–Trinajstić information content (AvgIpc) is 2.15. The largest absolute Gasteiger partial charge is 0.481 e. The normalized spacial score (nSPS) is 12.2. The maximum absolute atomic E-state index is 13.0. The zero-order valence-corrected chi connectivity index (χ0v) is 9.14. The average molecular weight is 227 g/mol. The highest BCUT2D eigenvalue weighted by atomic mass is 19.1. The summed E-state index contributed by atoms with van der Waals surface area (Å²) in [6.07, 6.45) is -1.64. The Hall–Kier alpha value is -1.62. The van der Waals surface area contributed by atoms with E-state index in [1.54, 1.807) is 19.0 Å². The van der Waals surface area contributed by atoms with Crippen LogP contribution in [0.15, 0.2) is 18.2 Å². The Balaban J connectivity index is 3.08. The summed E-state index contributed by atoms with van der Waals surface area (Å²) in [6, 6.07) is 3.94. The van der Waals surface area contributed by atoms with E-state index < -0.39 is 24.3 Å². The SMILES string of the molecule is CN(C)c1ccc(F)cc1[C@@H](O)CC(=O)O. The Morgan fingerprint density at radius 2 is 2.12 bits per heavy atom. The molecular weight excluding hydrogens is 213 g/mol. The van der Waals surface area contributed by atoms with Crippen LogP contribution in [0, 0.1) is 5.82 Å². The first kappa shape index (κ1) is 12.4. The van der Waals surface area contributed by atoms with Gasteiger partial charge >= 0.3 is 5.97 Å². The highest BCUT2D eigenvalue weighted by molar-refractivity contribution is 5.68. The van der Waals surface area contributed by atoms with Gasteiger partial charge in [-0.15, -0.1) is 0 Å². The topological polar surface area (TPSA) is 60.8 Å². The van der Waals surface area contributed by atoms with Gasteiger partial charge in [-0.2, -0.15) is 0 Å². The van der Waals surface area contributed by atoms with Gasteiger partial charge in [0.25, 0.3) is 0 Å². The predicted octanol–water partition coefficient (Wildman–Crippen LogP) is 1.40. The second-order valence-electron chi connectivity index (χ2n) is 3.71. The molecule has 0 unspecified atom stereocenters. The van der Waals surface area contributed by atoms with Crippen molar-refractivity contribution in [1.82, 2.24) is 0 Å². The first-order valence-electron chi connectivity index (χ1n) is 4.78. The third-order valence-corrected chi connectivity index (χ3v) is 2.20. The molecule has 0 aliphatic rings. The molecule has 1 aromatic rings. The van der Waals surface area contributed by atoms with E-state index >= 15 is 0 Å². The van der Waals surface area contributed by atoms with Gasteiger partial charge in [0.15, 0.2) is 0 Å². The summed E-state index contributed by atoms with van der Waals surface area (Å²) in [6.45, 7) is 0. The van der Waals surface area contributed by atoms with Crippen molar-refractivity contribution in [3.8, 4) is 0 Å². The molecule has 1 rings (SSSR count). The first-order chi connectivity index (χ1) is 7.41. The number of carboxylic acids is 1. The molecule has 4 nitrogen and oxygen atoms in total. The van der Waals surface area contributed by atoms with E-state index in [2.05, 4.69) is 0 Å². The van der Waals surface area contributed by atoms with Gasteiger partial charge in [-0.05, 0) is 18.2 Å². The lowest BCUT2D eigenvalue weighted by Gasteiger charge is -2.20. The number of hydrogen-bond donors (Lipinski definition) is 2. The fourth-order valence-electron chi connectivity index (χ4n) is 1.47. The van der Waals surface area contributed by atoms with E-state index in [-0.39, 0.29) is 5.56 Å². The number of aliphatic hydroxyl groups excluding tert-OH is 1. The maximum Gasteiger partial charge on any atom is 0.306 e. The van der Waals surface area contributed by atoms with E-state index in [1.165, 1.54) is 12.1 Å². The van der Waals surface area contributed by atoms with Crippen LogP contribution in [0.3, 0.4) is 0 Å². The Kier molecular flexibility index (Phi) is 3.84. The molecule has 0 bridgehead atoms. The highest BCUT2D eigenvalue weighted by Crippen LogP contribution is 2.27. The third kappa shape index (κ3) is 2.93. The van der Waals surface area contributed by atoms with Crippen LogP contribution in [0.5, 0.6) is 0 Å². The van der Waals surface area contributed by atoms with Gasteiger partial charge in [0.05, 0.1) is 12.5 Å². The van der Waals surface area contributed by atoms with E-state index in [0.717, 1.165) is 6.07 Å². The van der Waals surface area contributed by atoms with Crippen molar-refractivity contribution < 1.29 is 19.4 Å². The van der Waals surface area contributed by atoms with E-state index in [4.69, 9.17) is 5.11 Å². The number of halogens is 1. The molecule has 0 aliphatic carbocycles. The van der Waals surface area contributed by atoms with E-state index in [0.29, 0.717) is 5.69 Å². The third-order valence-electron chi connectivity index (χ3n) is 2.20. The van der Waals surface area contributed by atoms with Gasteiger partial charge in [-0.1, -0.05) is 0 Å². The van der Waals surface area contributed by atoms with Gasteiger partial charge < -0.3 is 15.1 Å². The van der Waals surface area contributed by atoms with Crippen LogP contribution in [0.4, 0.5) is 10.1 Å². The van der Waals surface area contributed by atoms with Gasteiger partial charge in [0.2, 0.25) is 0 Å². The zero-order valence-electron chi connectivity index (χ0n) is 9.14. The zero-order chi connectivity index (χ0) is 12.3. The molecule has 0 saturated carbocycles. The Bertz CT molecular complexity index is 393. The molecule has 0 spiro atoms. The number of rotatable bonds is 4. The molecule has 0 amide bonds. The smallest absolute Gasteiger partial charge is 0.306 e. The molecule has 0 aromatic heterocycles. The monoisotopic (exact) mass is 227 g/mol. The molecule has 0 saturated heterocycles. The molecule has 1 atom stereocenters. The van der Waals surface area contributed by atoms with Crippen molar-refractivity contribution in [3.05, 3.63) is 29.6 Å². The second kappa shape index (κ2) is 4.94. The summed E-state index contributed by atoms with van der Waals surface area (Å²) in [7, 11) is 3.48. The van der Waals surface area contributed by atoms with Crippen molar-refractivity contribution in [2.24, 2.45) is 0 Å². The summed E-state index contributed by atoms with van der Waals surface area (Å²) in [5.74, 6) is -1.62. The Labute approximate surface area is 92.9 Å². The minimum absolute atomic E-state index is 0.285. The van der Waals surface area contributed by atoms with Gasteiger partial charge in [-0.3, -0.25) is 4.79 Å². The lowest BCUT2D eigenvalue weighted by atomic mass is 10.0. The highest BCUT2D eigenvalue weighted by Gasteiger charge is 2.17. The minimum atomic E-state index is -1.20. The quantitative estimate of drug-likeness (QED) is 0.816. The predicted molar refractivity (Wildman–Crippen MR) is 57.9 cm³/mol. The summed E-state index contributed by atoms with van der Waals surface area (Å²) < 4.78 is 13.0. The number of carboxylic acid groups (broad SMARTS) is 1. The molecule has 0 fully saturated rings. The van der Waals surface area contributed by atoms with E-state index in [9.17, 15) is 14.3 Å². The van der Waals surface area contributed by atoms with Crippen LogP contribution in [0.25, 0.3) is 0 Å². The Morgan fingerprint density at radius 3 is 2.62 bits per heavy atom. The summed E-state index contributed by atoms with van der Waals surface area (Å²) in [4.78, 5) is 12.2. The molecule has 0 heterocycles. The van der Waals surface area contributed by atoms with Crippen molar-refractivity contribution in [3.63, 3.8) is 0 Å². The number of hydrogen-bond acceptors (Lipinski definition) is 3. The van der Waals surface area contributed by atoms with Crippen molar-refractivity contribution >= 4 is 11.7 Å². The van der Waals surface area contributed by atoms with E-state index in [1.807, 2.05) is 0 Å². The summed E-state index contributed by atoms with van der Waals surface area (Å²) in [5, 5.41) is 18.2. The first-order valence-corrected chi connectivity index (χ1v) is 4.78. The fourth-order valence-corrected chi connectivity index (χ4v) is 1.47. The second-order valence-corrected chi connectivity index (χ2v) is 3.71. The van der Waals surface area contributed by atoms with Crippen molar-refractivity contribution in [2.75, 3.05) is 19.0 Å². The molecule has 2 N–H and O–H groups in total. The Morgan fingerprint density at radius 1 is 1.50 bits per heavy atom. The van der Waals surface area contributed by atoms with Crippen molar-refractivity contribution in [2.45, 2.75) is 12.5 Å². The fraction of sp³-hybridized carbons (Fsp3) is 0.364. The van der Waals surface area contributed by atoms with Gasteiger partial charge in [0.1, 0.15) is 5.82 Å². The van der Waals surface area contributed by atoms with Gasteiger partial charge in [-0.25, -0.2) is 4.39 Å². The van der Waals surface area contributed by atoms with Crippen LogP contribution >= 0.6 is 0 Å². The number of anilines is 1. The molecule has 16 heavy (non-hydrogen) atoms. The minimum Gasteiger partial charge on any atom is -0.481 e. The molecule has 0 aliphatic heterocycles. The number of carbonyl (C=O) groups is 1. The van der Waals surface area contributed by atoms with Crippen LogP contribution < -0.4 is 4.90 Å². The number of aliphatic carboxylic acids is 1. The number of nitrogens with zero attached hydrogens (tertiary/aromatic N) is 1. The lowest BCUT2D eigenvalue weighted by molar-refractivity contribution is -0.139. The van der Waals surface area contributed by atoms with Crippen LogP contribution in [-0.4, -0.2) is 30.3 Å². The number of benzene rings is 1. The summed E-state index contributed by atoms with van der Waals surface area (Å²) >= 11 is 0. The van der Waals surface area contributed by atoms with Crippen LogP contribution in [0.2, 0.25) is 0 Å². The van der Waals surface area contributed by atoms with Crippen molar-refractivity contribution in [1.29, 1.82) is 0 Å². The molecule has 5 heteroatoms. The van der Waals surface area contributed by atoms with Crippen LogP contribution in [-0.2, 0) is 4.79 Å². The number of aliphatic hydroxyl groups is 1. The lowest BCUT2D eigenvalue weighted by Crippen LogP contribution is -2.15. The molecule has 88 valence electrons. The molecule has 1 aromatic carbocycles. The van der Waals surface area contributed by atoms with Gasteiger partial charge in [0, 0.05) is 25.3 Å². The maximum atomic E-state index is 13.0. The van der Waals surface area contributed by atoms with Crippen LogP contribution in [0.1, 0.15) is 18.1 Å².